The molecule has 6 nitrogen and oxygen atoms in total. The van der Waals surface area contributed by atoms with E-state index in [1.165, 1.54) is 0 Å². The fourth-order valence-electron chi connectivity index (χ4n) is 5.63. The average molecular weight is 661 g/mol. The second-order valence-corrected chi connectivity index (χ2v) is 11.7. The Labute approximate surface area is 293 Å². The molecule has 0 saturated heterocycles. The van der Waals surface area contributed by atoms with Crippen molar-refractivity contribution < 1.29 is 29.7 Å². The van der Waals surface area contributed by atoms with Crippen molar-refractivity contribution in [3.05, 3.63) is 177 Å². The first-order chi connectivity index (χ1) is 24.7. The maximum Gasteiger partial charge on any atom is 0.335 e. The van der Waals surface area contributed by atoms with Crippen molar-refractivity contribution in [1.29, 1.82) is 0 Å². The van der Waals surface area contributed by atoms with Crippen LogP contribution in [0.5, 0.6) is 0 Å². The first-order valence-corrected chi connectivity index (χ1v) is 15.7. The molecule has 240 valence electrons. The fraction of sp³-hybridized carbons (Fsp3) is 0. The molecule has 0 amide bonds. The topological polar surface area (TPSA) is 112 Å². The van der Waals surface area contributed by atoms with Crippen molar-refractivity contribution in [3.8, 4) is 68.9 Å². The van der Waals surface area contributed by atoms with Crippen LogP contribution in [0.25, 0.3) is 33.4 Å². The van der Waals surface area contributed by atoms with Crippen molar-refractivity contribution >= 4 is 17.9 Å². The molecule has 3 N–H and O–H groups in total. The predicted octanol–water partition coefficient (Wildman–Crippen LogP) is 8.30. The van der Waals surface area contributed by atoms with Gasteiger partial charge in [-0.25, -0.2) is 14.4 Å². The number of rotatable bonds is 6. The second-order valence-electron chi connectivity index (χ2n) is 11.7. The van der Waals surface area contributed by atoms with Gasteiger partial charge < -0.3 is 15.3 Å². The molecule has 6 aromatic rings. The molecule has 7 rings (SSSR count). The number of carbonyl (C=O) groups is 3. The van der Waals surface area contributed by atoms with E-state index in [0.717, 1.165) is 33.4 Å². The van der Waals surface area contributed by atoms with Crippen molar-refractivity contribution in [1.82, 2.24) is 0 Å². The third kappa shape index (κ3) is 6.87. The molecule has 51 heavy (non-hydrogen) atoms. The zero-order valence-corrected chi connectivity index (χ0v) is 26.7. The number of carboxylic acids is 3. The van der Waals surface area contributed by atoms with Crippen LogP contribution in [-0.4, -0.2) is 33.2 Å². The van der Waals surface area contributed by atoms with E-state index in [1.807, 2.05) is 54.6 Å². The van der Waals surface area contributed by atoms with Gasteiger partial charge in [0.1, 0.15) is 0 Å². The molecule has 0 radical (unpaired) electrons. The lowest BCUT2D eigenvalue weighted by molar-refractivity contribution is 0.0686. The molecule has 0 fully saturated rings. The molecule has 6 heteroatoms. The van der Waals surface area contributed by atoms with E-state index >= 15 is 0 Å². The maximum absolute atomic E-state index is 11.4. The van der Waals surface area contributed by atoms with Crippen LogP contribution in [0.1, 0.15) is 64.5 Å². The highest BCUT2D eigenvalue weighted by Gasteiger charge is 2.11. The highest BCUT2D eigenvalue weighted by atomic mass is 16.4. The highest BCUT2D eigenvalue weighted by Crippen LogP contribution is 2.27. The summed E-state index contributed by atoms with van der Waals surface area (Å²) in [6.07, 6.45) is 0. The van der Waals surface area contributed by atoms with Crippen molar-refractivity contribution in [2.45, 2.75) is 0 Å². The Hall–Kier alpha value is -7.59. The summed E-state index contributed by atoms with van der Waals surface area (Å²) in [6, 6.07) is 37.2. The summed E-state index contributed by atoms with van der Waals surface area (Å²) in [5, 5.41) is 28.0. The third-order valence-corrected chi connectivity index (χ3v) is 8.45. The lowest BCUT2D eigenvalue weighted by Gasteiger charge is -2.08. The van der Waals surface area contributed by atoms with Gasteiger partial charge in [0, 0.05) is 33.4 Å². The van der Waals surface area contributed by atoms with Crippen molar-refractivity contribution in [3.63, 3.8) is 0 Å². The van der Waals surface area contributed by atoms with Gasteiger partial charge in [-0.15, -0.1) is 0 Å². The van der Waals surface area contributed by atoms with E-state index < -0.39 is 17.9 Å². The summed E-state index contributed by atoms with van der Waals surface area (Å²) in [4.78, 5) is 34.2. The quantitative estimate of drug-likeness (QED) is 0.155. The Morgan fingerprint density at radius 1 is 0.294 bits per heavy atom. The molecule has 0 saturated carbocycles. The Morgan fingerprint density at radius 2 is 0.510 bits per heavy atom. The zero-order valence-electron chi connectivity index (χ0n) is 26.7. The minimum Gasteiger partial charge on any atom is -0.478 e. The number of carboxylic acid groups (broad SMARTS) is 3. The van der Waals surface area contributed by atoms with Crippen LogP contribution in [0.2, 0.25) is 0 Å². The summed E-state index contributed by atoms with van der Waals surface area (Å²) < 4.78 is 0. The monoisotopic (exact) mass is 660 g/mol. The van der Waals surface area contributed by atoms with E-state index in [4.69, 9.17) is 0 Å². The van der Waals surface area contributed by atoms with Crippen LogP contribution in [0.3, 0.4) is 0 Å². The number of aromatic carboxylic acids is 3. The van der Waals surface area contributed by atoms with E-state index in [1.54, 1.807) is 72.8 Å². The summed E-state index contributed by atoms with van der Waals surface area (Å²) in [7, 11) is 0. The minimum absolute atomic E-state index is 0.196. The molecule has 0 bridgehead atoms. The van der Waals surface area contributed by atoms with Crippen LogP contribution in [-0.2, 0) is 0 Å². The molecular formula is C45H24O6. The molecule has 1 aliphatic rings. The van der Waals surface area contributed by atoms with E-state index in [-0.39, 0.29) is 16.7 Å². The van der Waals surface area contributed by atoms with Gasteiger partial charge in [-0.2, -0.15) is 0 Å². The van der Waals surface area contributed by atoms with E-state index in [0.29, 0.717) is 33.4 Å². The summed E-state index contributed by atoms with van der Waals surface area (Å²) in [5.41, 5.74) is 9.75. The SMILES string of the molecule is O=C(O)c1ccc(-c2ccc3c(c2)C#Cc2ccc(-c4ccc(C(=O)O)cc4)cc2C#Cc2ccc(-c4ccc(C(=O)O)cc4)cc2C#C3)cc1. The lowest BCUT2D eigenvalue weighted by atomic mass is 9.95. The molecular weight excluding hydrogens is 636 g/mol. The maximum atomic E-state index is 11.4. The van der Waals surface area contributed by atoms with Gasteiger partial charge in [-0.1, -0.05) is 90.1 Å². The summed E-state index contributed by atoms with van der Waals surface area (Å²) in [5.74, 6) is 16.8. The Morgan fingerprint density at radius 3 is 0.745 bits per heavy atom. The molecule has 0 spiro atoms. The van der Waals surface area contributed by atoms with Gasteiger partial charge in [-0.3, -0.25) is 0 Å². The molecule has 1 aliphatic carbocycles. The van der Waals surface area contributed by atoms with Gasteiger partial charge in [0.25, 0.3) is 0 Å². The van der Waals surface area contributed by atoms with E-state index in [2.05, 4.69) is 35.5 Å². The summed E-state index contributed by atoms with van der Waals surface area (Å²) in [6.45, 7) is 0. The Bertz CT molecular complexity index is 2300. The van der Waals surface area contributed by atoms with Crippen LogP contribution < -0.4 is 0 Å². The first kappa shape index (κ1) is 32.0. The lowest BCUT2D eigenvalue weighted by Crippen LogP contribution is -1.96. The van der Waals surface area contributed by atoms with Crippen LogP contribution in [0, 0.1) is 35.5 Å². The summed E-state index contributed by atoms with van der Waals surface area (Å²) >= 11 is 0. The van der Waals surface area contributed by atoms with Gasteiger partial charge in [0.2, 0.25) is 0 Å². The van der Waals surface area contributed by atoms with E-state index in [9.17, 15) is 29.7 Å². The standard InChI is InChI=1S/C45H24O6/c46-43(47)34-13-1-28(2-14-34)37-19-7-31-11-23-41-26-39(30-5-17-36(18-6-30)45(50)51)21-9-33(41)12-24-42-27-38(20-8-32(42)10-22-40(31)25-37)29-3-15-35(16-4-29)44(48)49/h1-9,13-21,25-27H,(H,46,47)(H,48,49)(H,50,51). The Kier molecular flexibility index (Phi) is 8.46. The van der Waals surface area contributed by atoms with Crippen molar-refractivity contribution in [2.75, 3.05) is 0 Å². The van der Waals surface area contributed by atoms with Gasteiger partial charge in [0.05, 0.1) is 16.7 Å². The van der Waals surface area contributed by atoms with Gasteiger partial charge in [0.15, 0.2) is 0 Å². The minimum atomic E-state index is -0.997. The van der Waals surface area contributed by atoms with Crippen LogP contribution in [0.4, 0.5) is 0 Å². The molecule has 0 unspecified atom stereocenters. The number of benzene rings is 6. The molecule has 0 atom stereocenters. The predicted molar refractivity (Wildman–Crippen MR) is 194 cm³/mol. The smallest absolute Gasteiger partial charge is 0.335 e. The fourth-order valence-corrected chi connectivity index (χ4v) is 5.63. The molecule has 0 aliphatic heterocycles. The average Bonchev–Trinajstić information content (AvgIpc) is 3.15. The second kappa shape index (κ2) is 13.5. The number of hydrogen-bond acceptors (Lipinski definition) is 3. The Balaban J connectivity index is 1.38. The number of hydrogen-bond donors (Lipinski definition) is 3. The van der Waals surface area contributed by atoms with Gasteiger partial charge in [-0.05, 0) is 106 Å². The normalized spacial score (nSPS) is 10.8. The van der Waals surface area contributed by atoms with Gasteiger partial charge >= 0.3 is 17.9 Å². The molecule has 0 heterocycles. The molecule has 6 aromatic carbocycles. The van der Waals surface area contributed by atoms with Crippen LogP contribution in [0.15, 0.2) is 127 Å². The first-order valence-electron chi connectivity index (χ1n) is 15.7. The third-order valence-electron chi connectivity index (χ3n) is 8.45. The zero-order chi connectivity index (χ0) is 35.5. The molecule has 0 aromatic heterocycles. The highest BCUT2D eigenvalue weighted by molar-refractivity contribution is 5.90. The van der Waals surface area contributed by atoms with Crippen LogP contribution >= 0.6 is 0 Å². The van der Waals surface area contributed by atoms with Crippen molar-refractivity contribution in [2.24, 2.45) is 0 Å². The number of fused-ring (bicyclic) bond motifs is 3. The largest absolute Gasteiger partial charge is 0.478 e.